The first-order valence-corrected chi connectivity index (χ1v) is 7.22. The molecule has 19 heavy (non-hydrogen) atoms. The van der Waals surface area contributed by atoms with Gasteiger partial charge in [-0.1, -0.05) is 20.8 Å². The highest BCUT2D eigenvalue weighted by atomic mass is 16.2. The Morgan fingerprint density at radius 3 is 2.47 bits per heavy atom. The molecule has 0 bridgehead atoms. The van der Waals surface area contributed by atoms with Crippen LogP contribution in [-0.2, 0) is 9.59 Å². The Hall–Kier alpha value is -1.10. The molecular weight excluding hydrogens is 242 g/mol. The molecule has 1 saturated heterocycles. The van der Waals surface area contributed by atoms with Gasteiger partial charge in [0.1, 0.15) is 6.04 Å². The molecule has 2 atom stereocenters. The molecule has 1 heterocycles. The first-order chi connectivity index (χ1) is 8.95. The lowest BCUT2D eigenvalue weighted by atomic mass is 9.92. The van der Waals surface area contributed by atoms with E-state index >= 15 is 0 Å². The molecule has 0 radical (unpaired) electrons. The molecule has 0 aromatic heterocycles. The van der Waals surface area contributed by atoms with Crippen molar-refractivity contribution in [3.8, 4) is 0 Å². The first kappa shape index (κ1) is 16.0. The summed E-state index contributed by atoms with van der Waals surface area (Å²) in [4.78, 5) is 24.3. The molecule has 1 aliphatic heterocycles. The molecule has 1 fully saturated rings. The second-order valence-corrected chi connectivity index (χ2v) is 5.74. The average Bonchev–Trinajstić information content (AvgIpc) is 2.86. The summed E-state index contributed by atoms with van der Waals surface area (Å²) in [6.45, 7) is 6.97. The van der Waals surface area contributed by atoms with E-state index in [0.29, 0.717) is 12.3 Å². The van der Waals surface area contributed by atoms with E-state index in [9.17, 15) is 9.59 Å². The van der Waals surface area contributed by atoms with Crippen molar-refractivity contribution in [2.24, 2.45) is 5.92 Å². The highest BCUT2D eigenvalue weighted by Gasteiger charge is 2.40. The van der Waals surface area contributed by atoms with Gasteiger partial charge in [0.05, 0.1) is 5.54 Å². The van der Waals surface area contributed by atoms with Crippen molar-refractivity contribution < 1.29 is 9.59 Å². The quantitative estimate of drug-likeness (QED) is 0.668. The van der Waals surface area contributed by atoms with Crippen molar-refractivity contribution in [2.45, 2.75) is 58.0 Å². The maximum Gasteiger partial charge on any atom is 0.242 e. The van der Waals surface area contributed by atoms with Crippen LogP contribution in [0.5, 0.6) is 0 Å². The summed E-state index contributed by atoms with van der Waals surface area (Å²) in [5, 5.41) is 8.83. The van der Waals surface area contributed by atoms with Crippen LogP contribution in [0.3, 0.4) is 0 Å². The number of rotatable bonds is 6. The number of nitrogens with one attached hydrogen (secondary N) is 3. The minimum Gasteiger partial charge on any atom is -0.357 e. The van der Waals surface area contributed by atoms with E-state index in [-0.39, 0.29) is 11.8 Å². The van der Waals surface area contributed by atoms with E-state index in [1.807, 2.05) is 20.8 Å². The van der Waals surface area contributed by atoms with Gasteiger partial charge in [-0.05, 0) is 38.1 Å². The molecule has 0 aliphatic carbocycles. The summed E-state index contributed by atoms with van der Waals surface area (Å²) >= 11 is 0. The van der Waals surface area contributed by atoms with Crippen LogP contribution >= 0.6 is 0 Å². The monoisotopic (exact) mass is 269 g/mol. The number of hydrogen-bond acceptors (Lipinski definition) is 3. The van der Waals surface area contributed by atoms with Gasteiger partial charge < -0.3 is 16.0 Å². The van der Waals surface area contributed by atoms with Crippen molar-refractivity contribution >= 4 is 11.8 Å². The van der Waals surface area contributed by atoms with Gasteiger partial charge >= 0.3 is 0 Å². The molecule has 0 spiro atoms. The Balaban J connectivity index is 2.72. The van der Waals surface area contributed by atoms with Gasteiger partial charge in [-0.15, -0.1) is 0 Å². The number of likely N-dealkylation sites (N-methyl/N-ethyl adjacent to an activating group) is 1. The smallest absolute Gasteiger partial charge is 0.242 e. The van der Waals surface area contributed by atoms with Gasteiger partial charge in [-0.25, -0.2) is 0 Å². The Bertz CT molecular complexity index is 323. The molecule has 5 nitrogen and oxygen atoms in total. The van der Waals surface area contributed by atoms with Gasteiger partial charge in [0.15, 0.2) is 0 Å². The summed E-state index contributed by atoms with van der Waals surface area (Å²) in [5.74, 6) is 0.199. The number of hydrogen-bond donors (Lipinski definition) is 3. The fraction of sp³-hybridized carbons (Fsp3) is 0.857. The highest BCUT2D eigenvalue weighted by molar-refractivity contribution is 5.92. The first-order valence-electron chi connectivity index (χ1n) is 7.22. The van der Waals surface area contributed by atoms with Crippen molar-refractivity contribution in [3.63, 3.8) is 0 Å². The summed E-state index contributed by atoms with van der Waals surface area (Å²) in [5.41, 5.74) is -0.483. The van der Waals surface area contributed by atoms with E-state index in [1.165, 1.54) is 0 Å². The lowest BCUT2D eigenvalue weighted by molar-refractivity contribution is -0.132. The zero-order valence-corrected chi connectivity index (χ0v) is 12.5. The lowest BCUT2D eigenvalue weighted by Crippen LogP contribution is -2.58. The molecule has 0 aromatic rings. The molecule has 2 unspecified atom stereocenters. The average molecular weight is 269 g/mol. The largest absolute Gasteiger partial charge is 0.357 e. The fourth-order valence-electron chi connectivity index (χ4n) is 2.64. The van der Waals surface area contributed by atoms with E-state index in [0.717, 1.165) is 25.8 Å². The summed E-state index contributed by atoms with van der Waals surface area (Å²) in [6.07, 6.45) is 3.26. The molecule has 0 aromatic carbocycles. The van der Waals surface area contributed by atoms with Gasteiger partial charge in [0.2, 0.25) is 11.8 Å². The van der Waals surface area contributed by atoms with Gasteiger partial charge in [0.25, 0.3) is 0 Å². The minimum absolute atomic E-state index is 0.0400. The Morgan fingerprint density at radius 2 is 2.05 bits per heavy atom. The third-order valence-electron chi connectivity index (χ3n) is 3.86. The Labute approximate surface area is 115 Å². The van der Waals surface area contributed by atoms with Crippen LogP contribution in [0.15, 0.2) is 0 Å². The van der Waals surface area contributed by atoms with Crippen LogP contribution in [0.1, 0.15) is 46.5 Å². The van der Waals surface area contributed by atoms with Crippen molar-refractivity contribution in [3.05, 3.63) is 0 Å². The molecule has 110 valence electrons. The molecule has 1 aliphatic rings. The maximum absolute atomic E-state index is 12.5. The lowest BCUT2D eigenvalue weighted by Gasteiger charge is -2.29. The summed E-state index contributed by atoms with van der Waals surface area (Å²) in [7, 11) is 1.60. The van der Waals surface area contributed by atoms with Crippen molar-refractivity contribution in [1.82, 2.24) is 16.0 Å². The van der Waals surface area contributed by atoms with Crippen molar-refractivity contribution in [1.29, 1.82) is 0 Å². The standard InChI is InChI=1S/C14H27N3O2/c1-5-14(7-6-8-16-14)13(19)17-11(9-10(2)3)12(18)15-4/h10-11,16H,5-9H2,1-4H3,(H,15,18)(H,17,19). The third-order valence-corrected chi connectivity index (χ3v) is 3.86. The minimum atomic E-state index is -0.483. The van der Waals surface area contributed by atoms with E-state index in [1.54, 1.807) is 7.05 Å². The topological polar surface area (TPSA) is 70.2 Å². The number of amides is 2. The van der Waals surface area contributed by atoms with Crippen molar-refractivity contribution in [2.75, 3.05) is 13.6 Å². The molecule has 5 heteroatoms. The van der Waals surface area contributed by atoms with E-state index in [2.05, 4.69) is 16.0 Å². The number of carbonyl (C=O) groups excluding carboxylic acids is 2. The molecule has 3 N–H and O–H groups in total. The Kier molecular flexibility index (Phi) is 5.79. The zero-order chi connectivity index (χ0) is 14.5. The second-order valence-electron chi connectivity index (χ2n) is 5.74. The molecule has 0 saturated carbocycles. The van der Waals surface area contributed by atoms with Gasteiger partial charge in [-0.2, -0.15) is 0 Å². The van der Waals surface area contributed by atoms with Crippen LogP contribution in [0.2, 0.25) is 0 Å². The van der Waals surface area contributed by atoms with Crippen LogP contribution in [-0.4, -0.2) is 37.0 Å². The number of carbonyl (C=O) groups is 2. The maximum atomic E-state index is 12.5. The van der Waals surface area contributed by atoms with E-state index in [4.69, 9.17) is 0 Å². The normalized spacial score (nSPS) is 24.3. The van der Waals surface area contributed by atoms with Gasteiger partial charge in [0, 0.05) is 7.05 Å². The second kappa shape index (κ2) is 6.89. The molecular formula is C14H27N3O2. The molecule has 2 amide bonds. The third kappa shape index (κ3) is 3.93. The van der Waals surface area contributed by atoms with Crippen LogP contribution in [0.4, 0.5) is 0 Å². The molecule has 1 rings (SSSR count). The van der Waals surface area contributed by atoms with E-state index < -0.39 is 11.6 Å². The summed E-state index contributed by atoms with van der Waals surface area (Å²) in [6, 6.07) is -0.441. The Morgan fingerprint density at radius 1 is 1.37 bits per heavy atom. The SMILES string of the molecule is CCC1(C(=O)NC(CC(C)C)C(=O)NC)CCCN1. The fourth-order valence-corrected chi connectivity index (χ4v) is 2.64. The van der Waals surface area contributed by atoms with Crippen LogP contribution in [0, 0.1) is 5.92 Å². The van der Waals surface area contributed by atoms with Crippen LogP contribution < -0.4 is 16.0 Å². The zero-order valence-electron chi connectivity index (χ0n) is 12.5. The predicted molar refractivity (Wildman–Crippen MR) is 75.7 cm³/mol. The van der Waals surface area contributed by atoms with Gasteiger partial charge in [-0.3, -0.25) is 9.59 Å². The van der Waals surface area contributed by atoms with Crippen LogP contribution in [0.25, 0.3) is 0 Å². The summed E-state index contributed by atoms with van der Waals surface area (Å²) < 4.78 is 0. The predicted octanol–water partition coefficient (Wildman–Crippen LogP) is 0.796. The highest BCUT2D eigenvalue weighted by Crippen LogP contribution is 2.23.